The Labute approximate surface area is 101 Å². The van der Waals surface area contributed by atoms with Crippen LogP contribution in [0.3, 0.4) is 0 Å². The van der Waals surface area contributed by atoms with E-state index in [0.29, 0.717) is 12.8 Å². The van der Waals surface area contributed by atoms with Crippen LogP contribution in [0.4, 0.5) is 0 Å². The summed E-state index contributed by atoms with van der Waals surface area (Å²) >= 11 is 10.4. The number of halogens is 2. The van der Waals surface area contributed by atoms with E-state index in [-0.39, 0.29) is 33.4 Å². The Morgan fingerprint density at radius 1 is 1.00 bits per heavy atom. The number of carbonyl (C=O) groups is 2. The fraction of sp³-hybridized carbons (Fsp3) is 0.667. The van der Waals surface area contributed by atoms with Gasteiger partial charge < -0.3 is 12.3 Å². The summed E-state index contributed by atoms with van der Waals surface area (Å²) in [4.78, 5) is 21.3. The summed E-state index contributed by atoms with van der Waals surface area (Å²) in [5.74, 6) is 0. The molecule has 0 aromatic rings. The molecule has 80 valence electrons. The van der Waals surface area contributed by atoms with Crippen molar-refractivity contribution in [1.29, 1.82) is 0 Å². The van der Waals surface area contributed by atoms with E-state index in [1.54, 1.807) is 0 Å². The fourth-order valence-corrected chi connectivity index (χ4v) is 1.60. The third-order valence-electron chi connectivity index (χ3n) is 1.96. The second-order valence-electron chi connectivity index (χ2n) is 2.48. The molecule has 0 spiro atoms. The first-order chi connectivity index (χ1) is 4.59. The van der Waals surface area contributed by atoms with Crippen LogP contribution in [0.25, 0.3) is 0 Å². The van der Waals surface area contributed by atoms with Gasteiger partial charge in [0, 0.05) is 0 Å². The van der Waals surface area contributed by atoms with Gasteiger partial charge in [-0.15, -0.1) is 0 Å². The van der Waals surface area contributed by atoms with Crippen LogP contribution in [0.2, 0.25) is 0 Å². The summed E-state index contributed by atoms with van der Waals surface area (Å²) in [5, 5.41) is -1.22. The Morgan fingerprint density at radius 3 is 1.31 bits per heavy atom. The second kappa shape index (κ2) is 6.91. The van der Waals surface area contributed by atoms with Crippen LogP contribution in [0, 0.1) is 5.41 Å². The monoisotopic (exact) mass is 409 g/mol. The van der Waals surface area contributed by atoms with E-state index < -0.39 is 15.9 Å². The van der Waals surface area contributed by atoms with Crippen LogP contribution in [-0.2, 0) is 30.7 Å². The van der Waals surface area contributed by atoms with Crippen molar-refractivity contribution in [3.05, 3.63) is 0 Å². The van der Waals surface area contributed by atoms with Gasteiger partial charge in [0.2, 0.25) is 10.5 Å². The molecule has 0 atom stereocenters. The molecule has 0 saturated heterocycles. The van der Waals surface area contributed by atoms with Crippen LogP contribution < -0.4 is 12.3 Å². The largest absolute Gasteiger partial charge is 2.00 e. The van der Waals surface area contributed by atoms with Crippen molar-refractivity contribution in [3.8, 4) is 0 Å². The fourth-order valence-electron chi connectivity index (χ4n) is 1.00. The van der Waals surface area contributed by atoms with Gasteiger partial charge in [0.05, 0.1) is 0 Å². The molecule has 4 nitrogen and oxygen atoms in total. The molecule has 1 aliphatic carbocycles. The van der Waals surface area contributed by atoms with Gasteiger partial charge in [0.1, 0.15) is 5.41 Å². The normalized spacial score (nSPS) is 16.5. The van der Waals surface area contributed by atoms with Crippen molar-refractivity contribution in [3.63, 3.8) is 0 Å². The Balaban J connectivity index is -0.000000333. The topological polar surface area (TPSA) is 104 Å². The van der Waals surface area contributed by atoms with Crippen molar-refractivity contribution in [2.24, 2.45) is 5.41 Å². The molecule has 7 heteroatoms. The van der Waals surface area contributed by atoms with E-state index in [1.165, 1.54) is 0 Å². The first-order valence-corrected chi connectivity index (χ1v) is 3.75. The van der Waals surface area contributed by atoms with Crippen molar-refractivity contribution in [1.82, 2.24) is 12.3 Å². The quantitative estimate of drug-likeness (QED) is 0.537. The molecule has 0 unspecified atom stereocenters. The first kappa shape index (κ1) is 19.2. The predicted molar refractivity (Wildman–Crippen MR) is 48.0 cm³/mol. The summed E-state index contributed by atoms with van der Waals surface area (Å²) in [6.07, 6.45) is 1.88. The van der Waals surface area contributed by atoms with Gasteiger partial charge in [-0.2, -0.15) is 0 Å². The maximum Gasteiger partial charge on any atom is 2.00 e. The van der Waals surface area contributed by atoms with E-state index in [4.69, 9.17) is 23.2 Å². The molecule has 0 aromatic carbocycles. The summed E-state index contributed by atoms with van der Waals surface area (Å²) < 4.78 is 0. The standard InChI is InChI=1S/C6H6Cl2O2.2H3N.Pt/c7-4(9)6(5(8)10)2-1-3-6;;;/h1-3H2;2*1H3;/q;;;+2. The Hall–Kier alpha value is 0.528. The maximum absolute atomic E-state index is 10.6. The average molecular weight is 410 g/mol. The molecule has 1 aliphatic rings. The zero-order valence-electron chi connectivity index (χ0n) is 6.92. The third kappa shape index (κ3) is 3.30. The molecule has 6 N–H and O–H groups in total. The minimum Gasteiger partial charge on any atom is -0.344 e. The number of rotatable bonds is 2. The summed E-state index contributed by atoms with van der Waals surface area (Å²) in [6, 6.07) is 0. The molecule has 0 aromatic heterocycles. The van der Waals surface area contributed by atoms with Crippen molar-refractivity contribution in [2.75, 3.05) is 0 Å². The van der Waals surface area contributed by atoms with Crippen molar-refractivity contribution in [2.45, 2.75) is 19.3 Å². The molecule has 1 rings (SSSR count). The van der Waals surface area contributed by atoms with Gasteiger partial charge in [0.15, 0.2) is 0 Å². The number of hydrogen-bond donors (Lipinski definition) is 2. The van der Waals surface area contributed by atoms with E-state index >= 15 is 0 Å². The molecule has 13 heavy (non-hydrogen) atoms. The zero-order chi connectivity index (χ0) is 7.78. The van der Waals surface area contributed by atoms with Crippen LogP contribution in [0.1, 0.15) is 19.3 Å². The SMILES string of the molecule is N.N.O=C(Cl)C1(C(=O)Cl)CCC1.[Pt+2]. The molecular weight excluding hydrogens is 398 g/mol. The molecule has 0 amide bonds. The molecule has 0 heterocycles. The van der Waals surface area contributed by atoms with Gasteiger partial charge in [-0.05, 0) is 36.0 Å². The molecule has 1 fully saturated rings. The summed E-state index contributed by atoms with van der Waals surface area (Å²) in [6.45, 7) is 0. The molecular formula is C6H12Cl2N2O2Pt+2. The van der Waals surface area contributed by atoms with Crippen LogP contribution in [0.5, 0.6) is 0 Å². The van der Waals surface area contributed by atoms with Gasteiger partial charge in [-0.3, -0.25) is 9.59 Å². The molecule has 0 aliphatic heterocycles. The smallest absolute Gasteiger partial charge is 0.344 e. The average Bonchev–Trinajstić information content (AvgIpc) is 1.57. The van der Waals surface area contributed by atoms with Crippen molar-refractivity contribution < 1.29 is 30.7 Å². The summed E-state index contributed by atoms with van der Waals surface area (Å²) in [7, 11) is 0. The predicted octanol–water partition coefficient (Wildman–Crippen LogP) is 2.01. The van der Waals surface area contributed by atoms with Crippen molar-refractivity contribution >= 4 is 33.7 Å². The Kier molecular flexibility index (Phi) is 10.2. The Morgan fingerprint density at radius 2 is 1.31 bits per heavy atom. The van der Waals surface area contributed by atoms with E-state index in [2.05, 4.69) is 0 Å². The van der Waals surface area contributed by atoms with Crippen LogP contribution in [-0.4, -0.2) is 10.5 Å². The molecule has 0 bridgehead atoms. The first-order valence-electron chi connectivity index (χ1n) is 2.99. The van der Waals surface area contributed by atoms with Gasteiger partial charge in [-0.25, -0.2) is 0 Å². The van der Waals surface area contributed by atoms with Crippen LogP contribution >= 0.6 is 23.2 Å². The minimum absolute atomic E-state index is 0. The second-order valence-corrected chi connectivity index (χ2v) is 3.17. The van der Waals surface area contributed by atoms with E-state index in [0.717, 1.165) is 6.42 Å². The molecule has 0 radical (unpaired) electrons. The van der Waals surface area contributed by atoms with E-state index in [1.807, 2.05) is 0 Å². The van der Waals surface area contributed by atoms with Gasteiger partial charge in [-0.1, -0.05) is 6.42 Å². The van der Waals surface area contributed by atoms with Gasteiger partial charge >= 0.3 is 21.1 Å². The zero-order valence-corrected chi connectivity index (χ0v) is 10.7. The van der Waals surface area contributed by atoms with Gasteiger partial charge in [0.25, 0.3) is 0 Å². The molecule has 1 saturated carbocycles. The number of carbonyl (C=O) groups excluding carboxylic acids is 2. The minimum atomic E-state index is -1.02. The Bertz CT molecular complexity index is 181. The third-order valence-corrected chi connectivity index (χ3v) is 2.68. The maximum atomic E-state index is 10.6. The number of hydrogen-bond acceptors (Lipinski definition) is 4. The van der Waals surface area contributed by atoms with Crippen LogP contribution in [0.15, 0.2) is 0 Å². The van der Waals surface area contributed by atoms with E-state index in [9.17, 15) is 9.59 Å². The summed E-state index contributed by atoms with van der Waals surface area (Å²) in [5.41, 5.74) is -1.02.